The van der Waals surface area contributed by atoms with Crippen LogP contribution in [-0.4, -0.2) is 48.3 Å². The summed E-state index contributed by atoms with van der Waals surface area (Å²) in [5, 5.41) is 13.5. The van der Waals surface area contributed by atoms with Gasteiger partial charge >= 0.3 is 0 Å². The summed E-state index contributed by atoms with van der Waals surface area (Å²) in [4.78, 5) is 36.3. The fraction of sp³-hybridized carbons (Fsp3) is 0.692. The van der Waals surface area contributed by atoms with Crippen LogP contribution in [0.15, 0.2) is 0 Å². The van der Waals surface area contributed by atoms with Gasteiger partial charge in [-0.3, -0.25) is 14.4 Å². The molecule has 0 bridgehead atoms. The number of carbonyl (C=O) groups excluding carboxylic acids is 3. The van der Waals surface area contributed by atoms with E-state index in [1.54, 1.807) is 11.0 Å². The Bertz CT molecular complexity index is 428. The Morgan fingerprint density at radius 3 is 2.60 bits per heavy atom. The molecule has 0 aromatic rings. The molecule has 3 amide bonds. The monoisotopic (exact) mass is 280 g/mol. The summed E-state index contributed by atoms with van der Waals surface area (Å²) < 4.78 is 0. The predicted octanol–water partition coefficient (Wildman–Crippen LogP) is -0.611. The average Bonchev–Trinajstić information content (AvgIpc) is 2.77. The number of nitrogens with one attached hydrogen (secondary N) is 2. The van der Waals surface area contributed by atoms with Crippen LogP contribution in [0.1, 0.15) is 26.7 Å². The first-order chi connectivity index (χ1) is 9.45. The van der Waals surface area contributed by atoms with Gasteiger partial charge in [-0.25, -0.2) is 0 Å². The Morgan fingerprint density at radius 2 is 2.05 bits per heavy atom. The lowest BCUT2D eigenvalue weighted by Gasteiger charge is -2.20. The number of likely N-dealkylation sites (tertiary alicyclic amines) is 1. The molecule has 1 heterocycles. The minimum absolute atomic E-state index is 0.00229. The molecule has 7 nitrogen and oxygen atoms in total. The van der Waals surface area contributed by atoms with Gasteiger partial charge < -0.3 is 15.5 Å². The summed E-state index contributed by atoms with van der Waals surface area (Å²) in [6.45, 7) is 4.86. The van der Waals surface area contributed by atoms with Gasteiger partial charge in [0, 0.05) is 32.1 Å². The van der Waals surface area contributed by atoms with E-state index in [0.29, 0.717) is 13.1 Å². The van der Waals surface area contributed by atoms with E-state index in [1.807, 2.05) is 13.8 Å². The van der Waals surface area contributed by atoms with Crippen LogP contribution in [0.25, 0.3) is 0 Å². The molecule has 0 aromatic carbocycles. The van der Waals surface area contributed by atoms with E-state index in [2.05, 4.69) is 10.6 Å². The van der Waals surface area contributed by atoms with Crippen molar-refractivity contribution in [1.29, 1.82) is 5.26 Å². The maximum atomic E-state index is 11.9. The van der Waals surface area contributed by atoms with Crippen molar-refractivity contribution in [3.05, 3.63) is 0 Å². The lowest BCUT2D eigenvalue weighted by Crippen LogP contribution is -2.39. The zero-order chi connectivity index (χ0) is 15.1. The fourth-order valence-corrected chi connectivity index (χ4v) is 2.07. The molecule has 1 rings (SSSR count). The highest BCUT2D eigenvalue weighted by atomic mass is 16.2. The molecule has 0 aliphatic carbocycles. The van der Waals surface area contributed by atoms with Gasteiger partial charge in [-0.1, -0.05) is 0 Å². The number of hydrogen-bond acceptors (Lipinski definition) is 4. The van der Waals surface area contributed by atoms with E-state index >= 15 is 0 Å². The maximum Gasteiger partial charge on any atom is 0.234 e. The van der Waals surface area contributed by atoms with E-state index in [0.717, 1.165) is 0 Å². The number of rotatable bonds is 6. The van der Waals surface area contributed by atoms with Gasteiger partial charge in [0.2, 0.25) is 17.7 Å². The van der Waals surface area contributed by atoms with E-state index < -0.39 is 0 Å². The van der Waals surface area contributed by atoms with Gasteiger partial charge in [0.15, 0.2) is 0 Å². The molecule has 0 saturated carbocycles. The summed E-state index contributed by atoms with van der Waals surface area (Å²) in [6.07, 6.45) is 0.0548. The SMILES string of the molecule is CC(C)N1CC(C(=O)NCCNC(=O)CC#N)CC1=O. The van der Waals surface area contributed by atoms with Gasteiger partial charge in [-0.05, 0) is 13.8 Å². The zero-order valence-corrected chi connectivity index (χ0v) is 11.8. The van der Waals surface area contributed by atoms with Crippen molar-refractivity contribution in [2.24, 2.45) is 5.92 Å². The third-order valence-corrected chi connectivity index (χ3v) is 3.14. The van der Waals surface area contributed by atoms with Crippen molar-refractivity contribution in [3.8, 4) is 6.07 Å². The molecule has 1 aliphatic rings. The third-order valence-electron chi connectivity index (χ3n) is 3.14. The number of nitrogens with zero attached hydrogens (tertiary/aromatic N) is 2. The molecule has 20 heavy (non-hydrogen) atoms. The topological polar surface area (TPSA) is 102 Å². The lowest BCUT2D eigenvalue weighted by atomic mass is 10.1. The quantitative estimate of drug-likeness (QED) is 0.633. The van der Waals surface area contributed by atoms with Crippen LogP contribution in [0.5, 0.6) is 0 Å². The van der Waals surface area contributed by atoms with Crippen LogP contribution in [0.2, 0.25) is 0 Å². The Balaban J connectivity index is 2.26. The summed E-state index contributed by atoms with van der Waals surface area (Å²) in [7, 11) is 0. The molecule has 1 fully saturated rings. The summed E-state index contributed by atoms with van der Waals surface area (Å²) in [5.41, 5.74) is 0. The van der Waals surface area contributed by atoms with Crippen molar-refractivity contribution in [3.63, 3.8) is 0 Å². The summed E-state index contributed by atoms with van der Waals surface area (Å²) >= 11 is 0. The fourth-order valence-electron chi connectivity index (χ4n) is 2.07. The Kier molecular flexibility index (Phi) is 5.97. The second-order valence-corrected chi connectivity index (χ2v) is 5.02. The Morgan fingerprint density at radius 1 is 1.40 bits per heavy atom. The van der Waals surface area contributed by atoms with Gasteiger partial charge in [0.05, 0.1) is 12.0 Å². The maximum absolute atomic E-state index is 11.9. The van der Waals surface area contributed by atoms with Gasteiger partial charge in [0.25, 0.3) is 0 Å². The highest BCUT2D eigenvalue weighted by Crippen LogP contribution is 2.19. The molecule has 0 aromatic heterocycles. The third kappa shape index (κ3) is 4.53. The van der Waals surface area contributed by atoms with Crippen LogP contribution in [0.3, 0.4) is 0 Å². The predicted molar refractivity (Wildman–Crippen MR) is 71.2 cm³/mol. The molecule has 1 unspecified atom stereocenters. The van der Waals surface area contributed by atoms with E-state index in [4.69, 9.17) is 5.26 Å². The zero-order valence-electron chi connectivity index (χ0n) is 11.8. The van der Waals surface area contributed by atoms with Crippen LogP contribution < -0.4 is 10.6 Å². The van der Waals surface area contributed by atoms with Crippen molar-refractivity contribution in [2.45, 2.75) is 32.7 Å². The molecule has 1 atom stereocenters. The smallest absolute Gasteiger partial charge is 0.234 e. The van der Waals surface area contributed by atoms with E-state index in [1.165, 1.54) is 0 Å². The number of carbonyl (C=O) groups is 3. The lowest BCUT2D eigenvalue weighted by molar-refractivity contribution is -0.129. The molecular weight excluding hydrogens is 260 g/mol. The molecule has 1 aliphatic heterocycles. The molecule has 7 heteroatoms. The Hall–Kier alpha value is -2.10. The van der Waals surface area contributed by atoms with Crippen molar-refractivity contribution < 1.29 is 14.4 Å². The van der Waals surface area contributed by atoms with Gasteiger partial charge in [-0.2, -0.15) is 5.26 Å². The van der Waals surface area contributed by atoms with Crippen LogP contribution >= 0.6 is 0 Å². The van der Waals surface area contributed by atoms with Crippen LogP contribution in [-0.2, 0) is 14.4 Å². The minimum Gasteiger partial charge on any atom is -0.354 e. The number of nitriles is 1. The van der Waals surface area contributed by atoms with Crippen molar-refractivity contribution >= 4 is 17.7 Å². The Labute approximate surface area is 118 Å². The molecule has 110 valence electrons. The first-order valence-corrected chi connectivity index (χ1v) is 6.66. The largest absolute Gasteiger partial charge is 0.354 e. The second kappa shape index (κ2) is 7.48. The second-order valence-electron chi connectivity index (χ2n) is 5.02. The van der Waals surface area contributed by atoms with Crippen LogP contribution in [0.4, 0.5) is 0 Å². The molecule has 1 saturated heterocycles. The van der Waals surface area contributed by atoms with E-state index in [-0.39, 0.29) is 49.1 Å². The standard InChI is InChI=1S/C13H20N4O3/c1-9(2)17-8-10(7-12(17)19)13(20)16-6-5-15-11(18)3-4-14/h9-10H,3,5-8H2,1-2H3,(H,15,18)(H,16,20). The average molecular weight is 280 g/mol. The van der Waals surface area contributed by atoms with E-state index in [9.17, 15) is 14.4 Å². The molecule has 0 radical (unpaired) electrons. The summed E-state index contributed by atoms with van der Waals surface area (Å²) in [6, 6.07) is 1.84. The first kappa shape index (κ1) is 16.0. The minimum atomic E-state index is -0.358. The molecule has 2 N–H and O–H groups in total. The van der Waals surface area contributed by atoms with Crippen molar-refractivity contribution in [2.75, 3.05) is 19.6 Å². The number of amides is 3. The first-order valence-electron chi connectivity index (χ1n) is 6.66. The molecule has 0 spiro atoms. The summed E-state index contributed by atoms with van der Waals surface area (Å²) in [5.74, 6) is -0.845. The molecular formula is C13H20N4O3. The van der Waals surface area contributed by atoms with Gasteiger partial charge in [0.1, 0.15) is 6.42 Å². The van der Waals surface area contributed by atoms with Crippen molar-refractivity contribution in [1.82, 2.24) is 15.5 Å². The highest BCUT2D eigenvalue weighted by molar-refractivity contribution is 5.89. The highest BCUT2D eigenvalue weighted by Gasteiger charge is 2.35. The normalized spacial score (nSPS) is 18.0. The van der Waals surface area contributed by atoms with Gasteiger partial charge in [-0.15, -0.1) is 0 Å². The van der Waals surface area contributed by atoms with Crippen LogP contribution in [0, 0.1) is 17.2 Å². The number of hydrogen-bond donors (Lipinski definition) is 2.